The van der Waals surface area contributed by atoms with Gasteiger partial charge in [-0.1, -0.05) is 39.8 Å². The first-order chi connectivity index (χ1) is 14.8. The second-order valence-electron chi connectivity index (χ2n) is 10.0. The van der Waals surface area contributed by atoms with Gasteiger partial charge in [-0.25, -0.2) is 0 Å². The molecule has 0 aromatic heterocycles. The van der Waals surface area contributed by atoms with Crippen LogP contribution < -0.4 is 5.32 Å². The van der Waals surface area contributed by atoms with E-state index in [1.165, 1.54) is 4.90 Å². The summed E-state index contributed by atoms with van der Waals surface area (Å²) in [5.41, 5.74) is 0. The number of rotatable bonds is 9. The Kier molecular flexibility index (Phi) is 8.28. The molecule has 3 amide bonds. The minimum Gasteiger partial charge on any atom is -0.379 e. The molecule has 2 fully saturated rings. The van der Waals surface area contributed by atoms with Gasteiger partial charge in [-0.15, -0.1) is 0 Å². The van der Waals surface area contributed by atoms with E-state index in [0.29, 0.717) is 44.9 Å². The van der Waals surface area contributed by atoms with Crippen LogP contribution >= 0.6 is 0 Å². The van der Waals surface area contributed by atoms with Crippen molar-refractivity contribution in [2.45, 2.75) is 65.5 Å². The summed E-state index contributed by atoms with van der Waals surface area (Å²) >= 11 is 0. The number of fused-ring (bicyclic) bond motifs is 1. The predicted molar refractivity (Wildman–Crippen MR) is 119 cm³/mol. The van der Waals surface area contributed by atoms with Crippen molar-refractivity contribution in [3.63, 3.8) is 0 Å². The SMILES string of the molecule is CC(C)CC(CNC(=O)C(CC(C)C)N1C(=O)C2CC=CCC2C1=O)N1CCOCC1. The Morgan fingerprint density at radius 3 is 2.06 bits per heavy atom. The van der Waals surface area contributed by atoms with Crippen LogP contribution in [0.3, 0.4) is 0 Å². The molecule has 1 aliphatic carbocycles. The number of nitrogens with one attached hydrogen (secondary N) is 1. The second-order valence-corrected chi connectivity index (χ2v) is 10.0. The molecular weight excluding hydrogens is 394 g/mol. The molecular formula is C24H39N3O4. The molecule has 2 heterocycles. The van der Waals surface area contributed by atoms with Crippen LogP contribution in [0.1, 0.15) is 53.4 Å². The Hall–Kier alpha value is -1.73. The fourth-order valence-corrected chi connectivity index (χ4v) is 5.09. The maximum atomic E-state index is 13.3. The zero-order valence-corrected chi connectivity index (χ0v) is 19.5. The van der Waals surface area contributed by atoms with Crippen LogP contribution in [-0.4, -0.2) is 72.5 Å². The van der Waals surface area contributed by atoms with Crippen molar-refractivity contribution in [3.05, 3.63) is 12.2 Å². The minimum atomic E-state index is -0.727. The van der Waals surface area contributed by atoms with Gasteiger partial charge >= 0.3 is 0 Å². The maximum absolute atomic E-state index is 13.3. The van der Waals surface area contributed by atoms with Crippen LogP contribution in [0.5, 0.6) is 0 Å². The summed E-state index contributed by atoms with van der Waals surface area (Å²) in [7, 11) is 0. The number of carbonyl (C=O) groups is 3. The first-order valence-corrected chi connectivity index (χ1v) is 11.9. The monoisotopic (exact) mass is 433 g/mol. The normalized spacial score (nSPS) is 26.5. The van der Waals surface area contributed by atoms with E-state index in [0.717, 1.165) is 19.5 Å². The molecule has 0 aromatic carbocycles. The van der Waals surface area contributed by atoms with Crippen molar-refractivity contribution in [1.82, 2.24) is 15.1 Å². The number of nitrogens with zero attached hydrogens (tertiary/aromatic N) is 2. The maximum Gasteiger partial charge on any atom is 0.243 e. The molecule has 7 nitrogen and oxygen atoms in total. The highest BCUT2D eigenvalue weighted by Gasteiger charge is 2.51. The summed E-state index contributed by atoms with van der Waals surface area (Å²) < 4.78 is 5.48. The standard InChI is InChI=1S/C24H39N3O4/c1-16(2)13-18(26-9-11-31-12-10-26)15-25-22(28)21(14-17(3)4)27-23(29)19-7-5-6-8-20(19)24(27)30/h5-6,16-21H,7-15H2,1-4H3,(H,25,28). The molecule has 0 radical (unpaired) electrons. The predicted octanol–water partition coefficient (Wildman–Crippen LogP) is 2.22. The molecule has 4 unspecified atom stereocenters. The van der Waals surface area contributed by atoms with Crippen LogP contribution in [0, 0.1) is 23.7 Å². The average molecular weight is 434 g/mol. The van der Waals surface area contributed by atoms with Crippen molar-refractivity contribution in [2.24, 2.45) is 23.7 Å². The lowest BCUT2D eigenvalue weighted by molar-refractivity contribution is -0.148. The zero-order valence-electron chi connectivity index (χ0n) is 19.5. The van der Waals surface area contributed by atoms with Gasteiger partial charge in [-0.3, -0.25) is 24.2 Å². The fourth-order valence-electron chi connectivity index (χ4n) is 5.09. The van der Waals surface area contributed by atoms with Crippen LogP contribution in [-0.2, 0) is 19.1 Å². The highest BCUT2D eigenvalue weighted by Crippen LogP contribution is 2.37. The van der Waals surface area contributed by atoms with E-state index in [1.807, 2.05) is 26.0 Å². The lowest BCUT2D eigenvalue weighted by Gasteiger charge is -2.36. The van der Waals surface area contributed by atoms with Crippen molar-refractivity contribution >= 4 is 17.7 Å². The van der Waals surface area contributed by atoms with E-state index >= 15 is 0 Å². The first kappa shape index (κ1) is 23.9. The summed E-state index contributed by atoms with van der Waals surface area (Å²) in [4.78, 5) is 43.2. The van der Waals surface area contributed by atoms with Crippen LogP contribution in [0.2, 0.25) is 0 Å². The highest BCUT2D eigenvalue weighted by molar-refractivity contribution is 6.08. The fraction of sp³-hybridized carbons (Fsp3) is 0.792. The molecule has 174 valence electrons. The second kappa shape index (κ2) is 10.7. The van der Waals surface area contributed by atoms with E-state index in [-0.39, 0.29) is 41.5 Å². The van der Waals surface area contributed by atoms with Crippen molar-refractivity contribution in [3.8, 4) is 0 Å². The molecule has 4 atom stereocenters. The quantitative estimate of drug-likeness (QED) is 0.446. The topological polar surface area (TPSA) is 79.0 Å². The molecule has 0 saturated carbocycles. The minimum absolute atomic E-state index is 0.174. The smallest absolute Gasteiger partial charge is 0.243 e. The Morgan fingerprint density at radius 2 is 1.55 bits per heavy atom. The first-order valence-electron chi connectivity index (χ1n) is 11.9. The number of ether oxygens (including phenoxy) is 1. The van der Waals surface area contributed by atoms with E-state index in [1.54, 1.807) is 0 Å². The third-order valence-corrected chi connectivity index (χ3v) is 6.67. The van der Waals surface area contributed by atoms with Gasteiger partial charge in [-0.2, -0.15) is 0 Å². The number of likely N-dealkylation sites (tertiary alicyclic amines) is 1. The van der Waals surface area contributed by atoms with Crippen LogP contribution in [0.15, 0.2) is 12.2 Å². The molecule has 1 N–H and O–H groups in total. The zero-order chi connectivity index (χ0) is 22.5. The summed E-state index contributed by atoms with van der Waals surface area (Å²) in [6, 6.07) is -0.501. The lowest BCUT2D eigenvalue weighted by Crippen LogP contribution is -2.54. The van der Waals surface area contributed by atoms with Gasteiger partial charge in [-0.05, 0) is 37.5 Å². The molecule has 2 aliphatic heterocycles. The van der Waals surface area contributed by atoms with Gasteiger partial charge in [0.1, 0.15) is 6.04 Å². The third kappa shape index (κ3) is 5.75. The van der Waals surface area contributed by atoms with Crippen molar-refractivity contribution < 1.29 is 19.1 Å². The highest BCUT2D eigenvalue weighted by atomic mass is 16.5. The van der Waals surface area contributed by atoms with Gasteiger partial charge in [0.2, 0.25) is 17.7 Å². The molecule has 2 saturated heterocycles. The van der Waals surface area contributed by atoms with E-state index in [2.05, 4.69) is 24.1 Å². The van der Waals surface area contributed by atoms with Gasteiger partial charge in [0.05, 0.1) is 25.0 Å². The van der Waals surface area contributed by atoms with Gasteiger partial charge in [0.25, 0.3) is 0 Å². The number of amides is 3. The number of carbonyl (C=O) groups excluding carboxylic acids is 3. The number of morpholine rings is 1. The Balaban J connectivity index is 1.70. The number of hydrogen-bond acceptors (Lipinski definition) is 5. The van der Waals surface area contributed by atoms with E-state index in [9.17, 15) is 14.4 Å². The van der Waals surface area contributed by atoms with Gasteiger partial charge in [0.15, 0.2) is 0 Å². The molecule has 7 heteroatoms. The molecule has 3 aliphatic rings. The largest absolute Gasteiger partial charge is 0.379 e. The molecule has 3 rings (SSSR count). The molecule has 0 spiro atoms. The van der Waals surface area contributed by atoms with Crippen LogP contribution in [0.4, 0.5) is 0 Å². The summed E-state index contributed by atoms with van der Waals surface area (Å²) in [5, 5.41) is 3.11. The summed E-state index contributed by atoms with van der Waals surface area (Å²) in [6.45, 7) is 12.1. The van der Waals surface area contributed by atoms with Crippen molar-refractivity contribution in [2.75, 3.05) is 32.8 Å². The van der Waals surface area contributed by atoms with Gasteiger partial charge in [0, 0.05) is 25.7 Å². The molecule has 31 heavy (non-hydrogen) atoms. The molecule has 0 aromatic rings. The molecule has 0 bridgehead atoms. The number of allylic oxidation sites excluding steroid dienone is 2. The Labute approximate surface area is 186 Å². The van der Waals surface area contributed by atoms with Gasteiger partial charge < -0.3 is 10.1 Å². The lowest BCUT2D eigenvalue weighted by atomic mass is 9.85. The summed E-state index contributed by atoms with van der Waals surface area (Å²) in [6.07, 6.45) is 6.61. The van der Waals surface area contributed by atoms with E-state index < -0.39 is 6.04 Å². The van der Waals surface area contributed by atoms with E-state index in [4.69, 9.17) is 4.74 Å². The van der Waals surface area contributed by atoms with Crippen molar-refractivity contribution in [1.29, 1.82) is 0 Å². The van der Waals surface area contributed by atoms with Crippen LogP contribution in [0.25, 0.3) is 0 Å². The summed E-state index contributed by atoms with van der Waals surface area (Å²) in [5.74, 6) is -0.455. The number of imide groups is 1. The third-order valence-electron chi connectivity index (χ3n) is 6.67. The Bertz CT molecular complexity index is 658. The average Bonchev–Trinajstić information content (AvgIpc) is 3.00. The Morgan fingerprint density at radius 1 is 1.00 bits per heavy atom. The number of hydrogen-bond donors (Lipinski definition) is 1.